The van der Waals surface area contributed by atoms with Crippen LogP contribution in [0.15, 0.2) is 186 Å². The van der Waals surface area contributed by atoms with E-state index in [4.69, 9.17) is 4.42 Å². The van der Waals surface area contributed by atoms with Crippen molar-refractivity contribution in [2.75, 3.05) is 4.90 Å². The van der Waals surface area contributed by atoms with Crippen molar-refractivity contribution in [3.8, 4) is 16.8 Å². The number of nitrogens with zero attached hydrogens (tertiary/aromatic N) is 2. The van der Waals surface area contributed by atoms with Gasteiger partial charge in [-0.2, -0.15) is 0 Å². The van der Waals surface area contributed by atoms with E-state index in [9.17, 15) is 0 Å². The third-order valence-corrected chi connectivity index (χ3v) is 9.75. The molecule has 0 spiro atoms. The van der Waals surface area contributed by atoms with E-state index in [0.29, 0.717) is 0 Å². The van der Waals surface area contributed by atoms with Gasteiger partial charge in [0, 0.05) is 38.5 Å². The first kappa shape index (κ1) is 27.5. The summed E-state index contributed by atoms with van der Waals surface area (Å²) in [4.78, 5) is 2.46. The van der Waals surface area contributed by atoms with Crippen LogP contribution < -0.4 is 4.90 Å². The minimum absolute atomic E-state index is 0.872. The van der Waals surface area contributed by atoms with Crippen molar-refractivity contribution >= 4 is 71.6 Å². The quantitative estimate of drug-likeness (QED) is 0.190. The third kappa shape index (κ3) is 4.29. The second-order valence-corrected chi connectivity index (χ2v) is 12.5. The van der Waals surface area contributed by atoms with Gasteiger partial charge >= 0.3 is 0 Å². The van der Waals surface area contributed by atoms with Gasteiger partial charge < -0.3 is 13.9 Å². The Labute approximate surface area is 283 Å². The van der Waals surface area contributed by atoms with E-state index in [0.717, 1.165) is 72.1 Å². The molecule has 0 N–H and O–H groups in total. The lowest BCUT2D eigenvalue weighted by Crippen LogP contribution is -2.12. The van der Waals surface area contributed by atoms with Crippen LogP contribution in [0.25, 0.3) is 71.3 Å². The lowest BCUT2D eigenvalue weighted by molar-refractivity contribution is 0.669. The van der Waals surface area contributed by atoms with Gasteiger partial charge in [-0.3, -0.25) is 0 Å². The van der Waals surface area contributed by atoms with Gasteiger partial charge in [0.05, 0.1) is 27.8 Å². The Balaban J connectivity index is 1.37. The Morgan fingerprint density at radius 3 is 1.96 bits per heavy atom. The SMILES string of the molecule is c1ccc(-c2ccccc2N(c2ccc3c4ccccc4n(-c4ccccc4)c3c2)c2c3ccccc3cc3oc4ccccc4c23)cc1. The Kier molecular flexibility index (Phi) is 6.18. The maximum atomic E-state index is 6.59. The number of furan rings is 1. The minimum atomic E-state index is 0.872. The van der Waals surface area contributed by atoms with Crippen molar-refractivity contribution in [3.05, 3.63) is 182 Å². The molecule has 230 valence electrons. The van der Waals surface area contributed by atoms with Gasteiger partial charge in [0.25, 0.3) is 0 Å². The molecule has 0 aliphatic heterocycles. The lowest BCUT2D eigenvalue weighted by atomic mass is 9.98. The lowest BCUT2D eigenvalue weighted by Gasteiger charge is -2.30. The zero-order chi connectivity index (χ0) is 32.3. The maximum Gasteiger partial charge on any atom is 0.138 e. The molecule has 0 saturated carbocycles. The van der Waals surface area contributed by atoms with Crippen molar-refractivity contribution in [2.24, 2.45) is 0 Å². The molecule has 2 aromatic heterocycles. The molecule has 10 rings (SSSR count). The van der Waals surface area contributed by atoms with Crippen LogP contribution in [0.3, 0.4) is 0 Å². The summed E-state index contributed by atoms with van der Waals surface area (Å²) in [7, 11) is 0. The van der Waals surface area contributed by atoms with Crippen LogP contribution in [0.5, 0.6) is 0 Å². The molecule has 0 atom stereocenters. The minimum Gasteiger partial charge on any atom is -0.456 e. The fourth-order valence-electron chi connectivity index (χ4n) is 7.63. The summed E-state index contributed by atoms with van der Waals surface area (Å²) in [5.41, 5.74) is 10.8. The largest absolute Gasteiger partial charge is 0.456 e. The number of hydrogen-bond acceptors (Lipinski definition) is 2. The molecule has 0 aliphatic carbocycles. The number of para-hydroxylation sites is 4. The van der Waals surface area contributed by atoms with Gasteiger partial charge in [-0.05, 0) is 59.5 Å². The van der Waals surface area contributed by atoms with Crippen molar-refractivity contribution in [1.82, 2.24) is 4.57 Å². The van der Waals surface area contributed by atoms with E-state index in [1.54, 1.807) is 0 Å². The van der Waals surface area contributed by atoms with Gasteiger partial charge in [0.2, 0.25) is 0 Å². The first-order valence-electron chi connectivity index (χ1n) is 16.7. The molecule has 0 radical (unpaired) electrons. The molecule has 3 heteroatoms. The van der Waals surface area contributed by atoms with Crippen LogP contribution in [0, 0.1) is 0 Å². The highest BCUT2D eigenvalue weighted by molar-refractivity contribution is 6.22. The number of rotatable bonds is 5. The van der Waals surface area contributed by atoms with Crippen LogP contribution in [0.1, 0.15) is 0 Å². The summed E-state index contributed by atoms with van der Waals surface area (Å²) in [5, 5.41) is 6.94. The number of benzene rings is 8. The number of anilines is 3. The number of fused-ring (bicyclic) bond motifs is 7. The van der Waals surface area contributed by atoms with E-state index in [2.05, 4.69) is 185 Å². The molecule has 2 heterocycles. The van der Waals surface area contributed by atoms with Gasteiger partial charge in [-0.25, -0.2) is 0 Å². The molecule has 0 unspecified atom stereocenters. The Morgan fingerprint density at radius 1 is 0.449 bits per heavy atom. The average Bonchev–Trinajstić information content (AvgIpc) is 3.71. The first-order valence-corrected chi connectivity index (χ1v) is 16.7. The summed E-state index contributed by atoms with van der Waals surface area (Å²) in [5.74, 6) is 0. The highest BCUT2D eigenvalue weighted by atomic mass is 16.3. The fourth-order valence-corrected chi connectivity index (χ4v) is 7.63. The summed E-state index contributed by atoms with van der Waals surface area (Å²) in [6.07, 6.45) is 0. The van der Waals surface area contributed by atoms with Gasteiger partial charge in [-0.1, -0.05) is 133 Å². The van der Waals surface area contributed by atoms with E-state index >= 15 is 0 Å². The molecule has 0 amide bonds. The molecule has 0 fully saturated rings. The molecule has 0 bridgehead atoms. The molecular weight excluding hydrogens is 597 g/mol. The predicted molar refractivity (Wildman–Crippen MR) is 206 cm³/mol. The van der Waals surface area contributed by atoms with Crippen LogP contribution >= 0.6 is 0 Å². The Bertz CT molecular complexity index is 2830. The van der Waals surface area contributed by atoms with Gasteiger partial charge in [0.1, 0.15) is 11.2 Å². The summed E-state index contributed by atoms with van der Waals surface area (Å²) in [6, 6.07) is 65.0. The van der Waals surface area contributed by atoms with Crippen molar-refractivity contribution < 1.29 is 4.42 Å². The molecule has 0 saturated heterocycles. The van der Waals surface area contributed by atoms with Crippen LogP contribution in [-0.2, 0) is 0 Å². The molecule has 10 aromatic rings. The maximum absolute atomic E-state index is 6.59. The van der Waals surface area contributed by atoms with E-state index in [-0.39, 0.29) is 0 Å². The average molecular weight is 627 g/mol. The summed E-state index contributed by atoms with van der Waals surface area (Å²) in [6.45, 7) is 0. The molecular formula is C46H30N2O. The van der Waals surface area contributed by atoms with Crippen LogP contribution in [0.2, 0.25) is 0 Å². The van der Waals surface area contributed by atoms with Crippen molar-refractivity contribution in [2.45, 2.75) is 0 Å². The first-order chi connectivity index (χ1) is 24.3. The third-order valence-electron chi connectivity index (χ3n) is 9.75. The van der Waals surface area contributed by atoms with Crippen molar-refractivity contribution in [3.63, 3.8) is 0 Å². The summed E-state index contributed by atoms with van der Waals surface area (Å²) < 4.78 is 8.98. The molecule has 49 heavy (non-hydrogen) atoms. The fraction of sp³-hybridized carbons (Fsp3) is 0. The van der Waals surface area contributed by atoms with E-state index in [1.807, 2.05) is 6.07 Å². The normalized spacial score (nSPS) is 11.7. The standard InChI is InChI=1S/C46H30N2O/c1-3-15-31(16-4-1)35-20-9-12-24-40(35)48(46-36-21-8-7-17-32(36)29-44-45(46)39-23-11-14-26-43(39)49-44)34-27-28-38-37-22-10-13-25-41(37)47(42(38)30-34)33-18-5-2-6-19-33/h1-30H. The zero-order valence-corrected chi connectivity index (χ0v) is 26.6. The zero-order valence-electron chi connectivity index (χ0n) is 26.6. The highest BCUT2D eigenvalue weighted by Crippen LogP contribution is 2.50. The monoisotopic (exact) mass is 626 g/mol. The van der Waals surface area contributed by atoms with Crippen LogP contribution in [0.4, 0.5) is 17.1 Å². The van der Waals surface area contributed by atoms with Crippen LogP contribution in [-0.4, -0.2) is 4.57 Å². The van der Waals surface area contributed by atoms with E-state index < -0.39 is 0 Å². The summed E-state index contributed by atoms with van der Waals surface area (Å²) >= 11 is 0. The van der Waals surface area contributed by atoms with Gasteiger partial charge in [0.15, 0.2) is 0 Å². The molecule has 3 nitrogen and oxygen atoms in total. The molecule has 0 aliphatic rings. The number of aromatic nitrogens is 1. The topological polar surface area (TPSA) is 21.3 Å². The smallest absolute Gasteiger partial charge is 0.138 e. The van der Waals surface area contributed by atoms with E-state index in [1.165, 1.54) is 16.3 Å². The number of hydrogen-bond donors (Lipinski definition) is 0. The Hall–Kier alpha value is -6.58. The Morgan fingerprint density at radius 2 is 1.10 bits per heavy atom. The van der Waals surface area contributed by atoms with Gasteiger partial charge in [-0.15, -0.1) is 0 Å². The highest BCUT2D eigenvalue weighted by Gasteiger charge is 2.25. The second-order valence-electron chi connectivity index (χ2n) is 12.5. The van der Waals surface area contributed by atoms with Crippen molar-refractivity contribution in [1.29, 1.82) is 0 Å². The second kappa shape index (κ2) is 11.0. The molecule has 8 aromatic carbocycles. The predicted octanol–water partition coefficient (Wildman–Crippen LogP) is 13.0.